The molecule has 0 amide bonds. The van der Waals surface area contributed by atoms with E-state index >= 15 is 0 Å². The van der Waals surface area contributed by atoms with Gasteiger partial charge in [-0.05, 0) is 44.2 Å². The lowest BCUT2D eigenvalue weighted by Crippen LogP contribution is -2.36. The molecule has 7 nitrogen and oxygen atoms in total. The first-order valence-corrected chi connectivity index (χ1v) is 14.5. The van der Waals surface area contributed by atoms with E-state index in [4.69, 9.17) is 4.99 Å². The number of allylic oxidation sites excluding steroid dienone is 1. The minimum absolute atomic E-state index is 0.451. The summed E-state index contributed by atoms with van der Waals surface area (Å²) in [5.41, 5.74) is 6.19. The van der Waals surface area contributed by atoms with Crippen molar-refractivity contribution in [2.24, 2.45) is 4.99 Å². The number of anilines is 1. The summed E-state index contributed by atoms with van der Waals surface area (Å²) in [5, 5.41) is 8.74. The van der Waals surface area contributed by atoms with Crippen LogP contribution in [0.4, 0.5) is 5.69 Å². The van der Waals surface area contributed by atoms with Crippen LogP contribution in [0, 0.1) is 0 Å². The second-order valence-corrected chi connectivity index (χ2v) is 10.4. The molecule has 2 aromatic rings. The Hall–Kier alpha value is -2.30. The zero-order valence-electron chi connectivity index (χ0n) is 21.5. The van der Waals surface area contributed by atoms with Gasteiger partial charge in [-0.1, -0.05) is 73.5 Å². The molecule has 2 heterocycles. The average Bonchev–Trinajstić information content (AvgIpc) is 3.31. The fraction of sp³-hybridized carbons (Fsp3) is 0.370. The number of fused-ring (bicyclic) bond motifs is 1. The Bertz CT molecular complexity index is 1100. The molecular formula is C27H37BrN6OS. The normalized spacial score (nSPS) is 16.4. The summed E-state index contributed by atoms with van der Waals surface area (Å²) in [4.78, 5) is 5.58. The molecule has 2 aliphatic rings. The summed E-state index contributed by atoms with van der Waals surface area (Å²) < 4.78 is 16.8. The van der Waals surface area contributed by atoms with E-state index in [-0.39, 0.29) is 0 Å². The summed E-state index contributed by atoms with van der Waals surface area (Å²) in [5.74, 6) is 1.72. The van der Waals surface area contributed by atoms with Crippen LogP contribution in [0.5, 0.6) is 0 Å². The predicted molar refractivity (Wildman–Crippen MR) is 155 cm³/mol. The smallest absolute Gasteiger partial charge is 0.161 e. The van der Waals surface area contributed by atoms with E-state index < -0.39 is 11.0 Å². The molecule has 0 saturated carbocycles. The number of hydrazine groups is 1. The number of aliphatic imine (C=N–C) groups is 1. The molecule has 36 heavy (non-hydrogen) atoms. The lowest BCUT2D eigenvalue weighted by Gasteiger charge is -2.27. The Morgan fingerprint density at radius 1 is 1.11 bits per heavy atom. The maximum Gasteiger partial charge on any atom is 0.161 e. The van der Waals surface area contributed by atoms with Gasteiger partial charge in [-0.2, -0.15) is 0 Å². The van der Waals surface area contributed by atoms with E-state index in [0.29, 0.717) is 19.1 Å². The van der Waals surface area contributed by atoms with Crippen molar-refractivity contribution in [2.75, 3.05) is 25.5 Å². The van der Waals surface area contributed by atoms with Gasteiger partial charge < -0.3 is 10.6 Å². The summed E-state index contributed by atoms with van der Waals surface area (Å²) >= 11 is 3.63. The van der Waals surface area contributed by atoms with Crippen LogP contribution in [-0.4, -0.2) is 41.1 Å². The predicted octanol–water partition coefficient (Wildman–Crippen LogP) is 5.24. The van der Waals surface area contributed by atoms with Crippen molar-refractivity contribution >= 4 is 38.3 Å². The quantitative estimate of drug-likeness (QED) is 0.296. The van der Waals surface area contributed by atoms with Gasteiger partial charge >= 0.3 is 0 Å². The summed E-state index contributed by atoms with van der Waals surface area (Å²) in [6.07, 6.45) is 5.24. The second kappa shape index (κ2) is 14.4. The number of benzene rings is 2. The lowest BCUT2D eigenvalue weighted by atomic mass is 10.1. The summed E-state index contributed by atoms with van der Waals surface area (Å²) in [7, 11) is 0.745. The number of hydrogen-bond donors (Lipinski definition) is 4. The van der Waals surface area contributed by atoms with Gasteiger partial charge in [-0.3, -0.25) is 0 Å². The van der Waals surface area contributed by atoms with Gasteiger partial charge in [0, 0.05) is 29.9 Å². The molecule has 2 aliphatic heterocycles. The largest absolute Gasteiger partial charge is 0.340 e. The third-order valence-corrected chi connectivity index (χ3v) is 7.57. The molecule has 9 heteroatoms. The maximum absolute atomic E-state index is 12.7. The van der Waals surface area contributed by atoms with Crippen LogP contribution in [0.3, 0.4) is 0 Å². The molecule has 0 radical (unpaired) electrons. The van der Waals surface area contributed by atoms with Crippen LogP contribution in [0.25, 0.3) is 0 Å². The fourth-order valence-electron chi connectivity index (χ4n) is 3.92. The van der Waals surface area contributed by atoms with E-state index in [1.165, 1.54) is 0 Å². The molecule has 4 N–H and O–H groups in total. The third-order valence-electron chi connectivity index (χ3n) is 5.77. The topological polar surface area (TPSA) is 80.8 Å². The number of halogens is 1. The first-order valence-electron chi connectivity index (χ1n) is 12.6. The Labute approximate surface area is 226 Å². The third kappa shape index (κ3) is 7.36. The fourth-order valence-corrected chi connectivity index (χ4v) is 5.17. The maximum atomic E-state index is 12.7. The van der Waals surface area contributed by atoms with Gasteiger partial charge in [0.05, 0.1) is 21.6 Å². The van der Waals surface area contributed by atoms with Gasteiger partial charge in [0.15, 0.2) is 5.82 Å². The van der Waals surface area contributed by atoms with Crippen molar-refractivity contribution in [1.82, 2.24) is 20.5 Å². The van der Waals surface area contributed by atoms with Gasteiger partial charge in [0.2, 0.25) is 0 Å². The van der Waals surface area contributed by atoms with Crippen molar-refractivity contribution in [3.05, 3.63) is 82.4 Å². The Balaban J connectivity index is 0.00000176. The molecule has 0 fully saturated rings. The number of rotatable bonds is 11. The lowest BCUT2D eigenvalue weighted by molar-refractivity contribution is 0.353. The van der Waals surface area contributed by atoms with Gasteiger partial charge in [-0.15, -0.1) is 0 Å². The van der Waals surface area contributed by atoms with Crippen LogP contribution >= 0.6 is 15.9 Å². The van der Waals surface area contributed by atoms with Gasteiger partial charge in [0.25, 0.3) is 0 Å². The number of nitrogens with one attached hydrogen (secondary N) is 4. The molecule has 2 aromatic carbocycles. The summed E-state index contributed by atoms with van der Waals surface area (Å²) in [6, 6.07) is 18.3. The average molecular weight is 574 g/mol. The van der Waals surface area contributed by atoms with Crippen LogP contribution in [0.2, 0.25) is 0 Å². The van der Waals surface area contributed by atoms with Crippen molar-refractivity contribution < 1.29 is 4.21 Å². The number of nitrogens with zero attached hydrogens (tertiary/aromatic N) is 2. The monoisotopic (exact) mass is 572 g/mol. The molecule has 0 spiro atoms. The molecular weight excluding hydrogens is 536 g/mol. The highest BCUT2D eigenvalue weighted by Crippen LogP contribution is 2.30. The molecule has 0 aromatic heterocycles. The molecule has 4 rings (SSSR count). The molecule has 0 aliphatic carbocycles. The van der Waals surface area contributed by atoms with E-state index in [0.717, 1.165) is 57.2 Å². The van der Waals surface area contributed by atoms with Gasteiger partial charge in [-0.25, -0.2) is 24.4 Å². The van der Waals surface area contributed by atoms with Crippen LogP contribution < -0.4 is 20.8 Å². The van der Waals surface area contributed by atoms with Crippen molar-refractivity contribution in [3.63, 3.8) is 0 Å². The SMILES string of the molecule is CC.CCCC(CCNS(=O)c1ccc(NC2=CC(c3ccccc3)=NC3=C(Br)CNN23)cc1)NC. The highest BCUT2D eigenvalue weighted by atomic mass is 79.9. The zero-order valence-corrected chi connectivity index (χ0v) is 23.9. The molecule has 194 valence electrons. The first kappa shape index (κ1) is 28.3. The zero-order chi connectivity index (χ0) is 25.9. The molecule has 0 bridgehead atoms. The van der Waals surface area contributed by atoms with Gasteiger partial charge in [0.1, 0.15) is 16.8 Å². The van der Waals surface area contributed by atoms with E-state index in [9.17, 15) is 4.21 Å². The summed E-state index contributed by atoms with van der Waals surface area (Å²) in [6.45, 7) is 7.56. The van der Waals surface area contributed by atoms with E-state index in [1.807, 2.05) is 74.4 Å². The van der Waals surface area contributed by atoms with E-state index in [2.05, 4.69) is 55.8 Å². The minimum Gasteiger partial charge on any atom is -0.340 e. The highest BCUT2D eigenvalue weighted by molar-refractivity contribution is 9.11. The second-order valence-electron chi connectivity index (χ2n) is 8.17. The first-order chi connectivity index (χ1) is 17.6. The van der Waals surface area contributed by atoms with Crippen molar-refractivity contribution in [3.8, 4) is 0 Å². The minimum atomic E-state index is -1.24. The van der Waals surface area contributed by atoms with Crippen LogP contribution in [0.1, 0.15) is 45.6 Å². The van der Waals surface area contributed by atoms with Crippen LogP contribution in [-0.2, 0) is 11.0 Å². The highest BCUT2D eigenvalue weighted by Gasteiger charge is 2.28. The Morgan fingerprint density at radius 3 is 2.50 bits per heavy atom. The number of hydrogen-bond acceptors (Lipinski definition) is 6. The molecule has 0 saturated heterocycles. The Kier molecular flexibility index (Phi) is 11.3. The van der Waals surface area contributed by atoms with Crippen LogP contribution in [0.15, 0.2) is 86.7 Å². The van der Waals surface area contributed by atoms with Crippen molar-refractivity contribution in [2.45, 2.75) is 51.0 Å². The molecule has 2 unspecified atom stereocenters. The standard InChI is InChI=1S/C25H31BrN6OS.C2H6/c1-3-7-19(27-2)14-15-29-34(33)21-12-10-20(11-13-21)30-24-16-23(18-8-5-4-6-9-18)31-25-22(26)17-28-32(24)25;1-2/h4-6,8-13,16,19,27-30H,3,7,14-15,17H2,1-2H3;1-2H3. The van der Waals surface area contributed by atoms with E-state index in [1.54, 1.807) is 0 Å². The molecule has 2 atom stereocenters. The Morgan fingerprint density at radius 2 is 1.83 bits per heavy atom. The van der Waals surface area contributed by atoms with Crippen molar-refractivity contribution in [1.29, 1.82) is 0 Å².